The van der Waals surface area contributed by atoms with Crippen molar-refractivity contribution in [2.75, 3.05) is 32.7 Å². The molecule has 25 heavy (non-hydrogen) atoms. The highest BCUT2D eigenvalue weighted by atomic mass is 32.2. The van der Waals surface area contributed by atoms with E-state index >= 15 is 0 Å². The summed E-state index contributed by atoms with van der Waals surface area (Å²) >= 11 is 0. The van der Waals surface area contributed by atoms with Crippen LogP contribution in [-0.4, -0.2) is 57.4 Å². The summed E-state index contributed by atoms with van der Waals surface area (Å²) in [6.07, 6.45) is 0.840. The zero-order chi connectivity index (χ0) is 18.6. The number of benzene rings is 1. The lowest BCUT2D eigenvalue weighted by Crippen LogP contribution is -3.15. The van der Waals surface area contributed by atoms with Crippen molar-refractivity contribution in [3.63, 3.8) is 0 Å². The minimum absolute atomic E-state index is 0.0724. The van der Waals surface area contributed by atoms with Crippen LogP contribution in [0.15, 0.2) is 23.1 Å². The van der Waals surface area contributed by atoms with Gasteiger partial charge in [0.2, 0.25) is 10.0 Å². The fraction of sp³-hybridized carbons (Fsp3) is 0.562. The van der Waals surface area contributed by atoms with Gasteiger partial charge in [0.1, 0.15) is 16.5 Å². The van der Waals surface area contributed by atoms with E-state index < -0.39 is 26.6 Å². The van der Waals surface area contributed by atoms with Crippen LogP contribution in [0.2, 0.25) is 0 Å². The SMILES string of the molecule is CC[C@@H](C)NC(=O)C[NH+]1CCN(S(=O)(=O)c2cc(F)ccc2F)CC1. The quantitative estimate of drug-likeness (QED) is 0.721. The van der Waals surface area contributed by atoms with E-state index in [-0.39, 0.29) is 31.6 Å². The van der Waals surface area contributed by atoms with Gasteiger partial charge in [-0.05, 0) is 31.5 Å². The van der Waals surface area contributed by atoms with Crippen LogP contribution in [0.4, 0.5) is 8.78 Å². The predicted molar refractivity (Wildman–Crippen MR) is 88.6 cm³/mol. The van der Waals surface area contributed by atoms with Crippen LogP contribution in [0.5, 0.6) is 0 Å². The predicted octanol–water partition coefficient (Wildman–Crippen LogP) is -0.231. The maximum atomic E-state index is 13.8. The first-order valence-corrected chi connectivity index (χ1v) is 9.76. The van der Waals surface area contributed by atoms with Crippen LogP contribution in [-0.2, 0) is 14.8 Å². The van der Waals surface area contributed by atoms with Crippen molar-refractivity contribution in [1.82, 2.24) is 9.62 Å². The molecule has 1 aromatic carbocycles. The Morgan fingerprint density at radius 3 is 2.56 bits per heavy atom. The molecule has 140 valence electrons. The zero-order valence-corrected chi connectivity index (χ0v) is 15.2. The number of nitrogens with one attached hydrogen (secondary N) is 2. The first kappa shape index (κ1) is 19.7. The minimum atomic E-state index is -4.09. The first-order chi connectivity index (χ1) is 11.7. The smallest absolute Gasteiger partial charge is 0.275 e. The van der Waals surface area contributed by atoms with Gasteiger partial charge in [-0.1, -0.05) is 6.92 Å². The number of hydrogen-bond acceptors (Lipinski definition) is 3. The summed E-state index contributed by atoms with van der Waals surface area (Å²) in [6.45, 7) is 5.35. The van der Waals surface area contributed by atoms with Gasteiger partial charge < -0.3 is 10.2 Å². The average molecular weight is 376 g/mol. The Balaban J connectivity index is 1.97. The molecule has 9 heteroatoms. The monoisotopic (exact) mass is 376 g/mol. The standard InChI is InChI=1S/C16H23F2N3O3S/c1-3-12(2)19-16(22)11-20-6-8-21(9-7-20)25(23,24)15-10-13(17)4-5-14(15)18/h4-5,10,12H,3,6-9,11H2,1-2H3,(H,19,22)/p+1/t12-/m1/s1. The average Bonchev–Trinajstić information content (AvgIpc) is 2.57. The van der Waals surface area contributed by atoms with Gasteiger partial charge in [0.05, 0.1) is 26.2 Å². The molecule has 0 saturated carbocycles. The van der Waals surface area contributed by atoms with Gasteiger partial charge in [0.15, 0.2) is 6.54 Å². The normalized spacial score (nSPS) is 18.1. The summed E-state index contributed by atoms with van der Waals surface area (Å²) in [6, 6.07) is 2.49. The molecule has 0 spiro atoms. The van der Waals surface area contributed by atoms with E-state index in [0.29, 0.717) is 19.2 Å². The van der Waals surface area contributed by atoms with Crippen LogP contribution in [0.3, 0.4) is 0 Å². The second kappa shape index (κ2) is 8.20. The molecule has 1 saturated heterocycles. The zero-order valence-electron chi connectivity index (χ0n) is 14.4. The van der Waals surface area contributed by atoms with Crippen molar-refractivity contribution in [3.05, 3.63) is 29.8 Å². The molecule has 2 N–H and O–H groups in total. The summed E-state index contributed by atoms with van der Waals surface area (Å²) in [5, 5.41) is 2.87. The Morgan fingerprint density at radius 1 is 1.32 bits per heavy atom. The lowest BCUT2D eigenvalue weighted by atomic mass is 10.2. The highest BCUT2D eigenvalue weighted by Gasteiger charge is 2.33. The second-order valence-electron chi connectivity index (χ2n) is 6.28. The van der Waals surface area contributed by atoms with Gasteiger partial charge in [0, 0.05) is 6.04 Å². The number of piperazine rings is 1. The Morgan fingerprint density at radius 2 is 1.96 bits per heavy atom. The molecule has 1 fully saturated rings. The maximum Gasteiger partial charge on any atom is 0.275 e. The van der Waals surface area contributed by atoms with E-state index in [9.17, 15) is 22.0 Å². The lowest BCUT2D eigenvalue weighted by molar-refractivity contribution is -0.895. The van der Waals surface area contributed by atoms with Gasteiger partial charge in [-0.25, -0.2) is 17.2 Å². The van der Waals surface area contributed by atoms with Crippen molar-refractivity contribution in [2.45, 2.75) is 31.2 Å². The number of hydrogen-bond donors (Lipinski definition) is 2. The maximum absolute atomic E-state index is 13.8. The minimum Gasteiger partial charge on any atom is -0.349 e. The van der Waals surface area contributed by atoms with Gasteiger partial charge in [-0.15, -0.1) is 0 Å². The molecule has 6 nitrogen and oxygen atoms in total. The van der Waals surface area contributed by atoms with E-state index in [1.807, 2.05) is 13.8 Å². The summed E-state index contributed by atoms with van der Waals surface area (Å²) in [5.74, 6) is -1.84. The lowest BCUT2D eigenvalue weighted by Gasteiger charge is -2.31. The van der Waals surface area contributed by atoms with E-state index in [0.717, 1.165) is 27.8 Å². The van der Waals surface area contributed by atoms with Gasteiger partial charge in [0.25, 0.3) is 5.91 Å². The number of amides is 1. The molecule has 0 aromatic heterocycles. The number of carbonyl (C=O) groups is 1. The number of carbonyl (C=O) groups excluding carboxylic acids is 1. The van der Waals surface area contributed by atoms with E-state index in [4.69, 9.17) is 0 Å². The summed E-state index contributed by atoms with van der Waals surface area (Å²) in [4.78, 5) is 12.2. The first-order valence-electron chi connectivity index (χ1n) is 8.32. The molecule has 0 unspecified atom stereocenters. The number of nitrogens with zero attached hydrogens (tertiary/aromatic N) is 1. The van der Waals surface area contributed by atoms with Crippen LogP contribution in [0, 0.1) is 11.6 Å². The molecule has 0 bridgehead atoms. The van der Waals surface area contributed by atoms with E-state index in [1.165, 1.54) is 0 Å². The second-order valence-corrected chi connectivity index (χ2v) is 8.19. The van der Waals surface area contributed by atoms with Crippen molar-refractivity contribution in [2.24, 2.45) is 0 Å². The molecule has 1 aromatic rings. The van der Waals surface area contributed by atoms with Crippen LogP contribution < -0.4 is 10.2 Å². The summed E-state index contributed by atoms with van der Waals surface area (Å²) < 4.78 is 53.2. The molecule has 1 amide bonds. The van der Waals surface area contributed by atoms with Gasteiger partial charge in [-0.3, -0.25) is 4.79 Å². The van der Waals surface area contributed by atoms with Crippen LogP contribution >= 0.6 is 0 Å². The third kappa shape index (κ3) is 4.96. The Hall–Kier alpha value is -1.58. The fourth-order valence-electron chi connectivity index (χ4n) is 2.69. The highest BCUT2D eigenvalue weighted by Crippen LogP contribution is 2.20. The Kier molecular flexibility index (Phi) is 6.47. The van der Waals surface area contributed by atoms with E-state index in [2.05, 4.69) is 5.32 Å². The van der Waals surface area contributed by atoms with Gasteiger partial charge >= 0.3 is 0 Å². The van der Waals surface area contributed by atoms with Crippen LogP contribution in [0.1, 0.15) is 20.3 Å². The molecular formula is C16H24F2N3O3S+. The fourth-order valence-corrected chi connectivity index (χ4v) is 4.21. The topological polar surface area (TPSA) is 70.9 Å². The molecule has 0 aliphatic carbocycles. The van der Waals surface area contributed by atoms with Crippen molar-refractivity contribution in [3.8, 4) is 0 Å². The number of halogens is 2. The molecular weight excluding hydrogens is 352 g/mol. The molecule has 1 atom stereocenters. The summed E-state index contributed by atoms with van der Waals surface area (Å²) in [7, 11) is -4.09. The molecule has 0 radical (unpaired) electrons. The van der Waals surface area contributed by atoms with Crippen molar-refractivity contribution >= 4 is 15.9 Å². The van der Waals surface area contributed by atoms with Crippen LogP contribution in [0.25, 0.3) is 0 Å². The van der Waals surface area contributed by atoms with Crippen molar-refractivity contribution in [1.29, 1.82) is 0 Å². The number of rotatable bonds is 6. The highest BCUT2D eigenvalue weighted by molar-refractivity contribution is 7.89. The molecule has 1 heterocycles. The largest absolute Gasteiger partial charge is 0.349 e. The molecule has 1 aliphatic heterocycles. The Bertz CT molecular complexity index is 719. The van der Waals surface area contributed by atoms with Gasteiger partial charge in [-0.2, -0.15) is 4.31 Å². The third-order valence-corrected chi connectivity index (χ3v) is 6.28. The van der Waals surface area contributed by atoms with Crippen molar-refractivity contribution < 1.29 is 26.9 Å². The Labute approximate surface area is 146 Å². The molecule has 1 aliphatic rings. The number of quaternary nitrogens is 1. The molecule has 2 rings (SSSR count). The van der Waals surface area contributed by atoms with E-state index in [1.54, 1.807) is 0 Å². The number of sulfonamides is 1. The summed E-state index contributed by atoms with van der Waals surface area (Å²) in [5.41, 5.74) is 0. The third-order valence-electron chi connectivity index (χ3n) is 4.37.